The Morgan fingerprint density at radius 2 is 2.11 bits per heavy atom. The predicted octanol–water partition coefficient (Wildman–Crippen LogP) is 1.50. The molecule has 1 aliphatic rings. The number of hydrogen-bond donors (Lipinski definition) is 3. The maximum absolute atomic E-state index is 13.2. The third-order valence-electron chi connectivity index (χ3n) is 4.33. The number of pyridine rings is 1. The molecule has 0 aliphatic heterocycles. The van der Waals surface area contributed by atoms with Crippen LogP contribution in [0.3, 0.4) is 0 Å². The number of hydrogen-bond acceptors (Lipinski definition) is 7. The van der Waals surface area contributed by atoms with Gasteiger partial charge in [-0.2, -0.15) is 0 Å². The number of carbonyl (C=O) groups is 1. The van der Waals surface area contributed by atoms with Crippen LogP contribution in [0.2, 0.25) is 0 Å². The molecule has 0 saturated heterocycles. The highest BCUT2D eigenvalue weighted by Crippen LogP contribution is 2.38. The van der Waals surface area contributed by atoms with Gasteiger partial charge >= 0.3 is 5.97 Å². The number of fused-ring (bicyclic) bond motifs is 1. The van der Waals surface area contributed by atoms with Gasteiger partial charge in [0.2, 0.25) is 5.89 Å². The zero-order valence-corrected chi connectivity index (χ0v) is 14.7. The first-order valence-electron chi connectivity index (χ1n) is 8.62. The van der Waals surface area contributed by atoms with Crippen LogP contribution in [0.5, 0.6) is 5.75 Å². The molecule has 1 aromatic carbocycles. The topological polar surface area (TPSA) is 127 Å². The van der Waals surface area contributed by atoms with Gasteiger partial charge in [-0.25, -0.2) is 4.98 Å². The summed E-state index contributed by atoms with van der Waals surface area (Å²) in [6.45, 7) is -0.461. The van der Waals surface area contributed by atoms with Crippen molar-refractivity contribution in [1.29, 1.82) is 0 Å². The van der Waals surface area contributed by atoms with Crippen molar-refractivity contribution in [2.24, 2.45) is 0 Å². The van der Waals surface area contributed by atoms with E-state index in [4.69, 9.17) is 14.4 Å². The van der Waals surface area contributed by atoms with Crippen molar-refractivity contribution in [3.63, 3.8) is 0 Å². The highest BCUT2D eigenvalue weighted by molar-refractivity contribution is 5.91. The van der Waals surface area contributed by atoms with E-state index in [1.807, 2.05) is 0 Å². The largest absolute Gasteiger partial charge is 0.506 e. The average Bonchev–Trinajstić information content (AvgIpc) is 3.39. The van der Waals surface area contributed by atoms with Gasteiger partial charge in [0.15, 0.2) is 6.61 Å². The Labute approximate surface area is 158 Å². The van der Waals surface area contributed by atoms with Crippen LogP contribution >= 0.6 is 0 Å². The lowest BCUT2D eigenvalue weighted by atomic mass is 10.1. The molecule has 9 heteroatoms. The number of benzene rings is 1. The molecule has 1 fully saturated rings. The van der Waals surface area contributed by atoms with E-state index in [9.17, 15) is 14.7 Å². The van der Waals surface area contributed by atoms with Crippen LogP contribution in [0, 0.1) is 0 Å². The van der Waals surface area contributed by atoms with Gasteiger partial charge in [-0.3, -0.25) is 9.59 Å². The summed E-state index contributed by atoms with van der Waals surface area (Å²) in [6.07, 6.45) is 4.32. The second-order valence-corrected chi connectivity index (χ2v) is 6.27. The van der Waals surface area contributed by atoms with Crippen LogP contribution in [0.1, 0.15) is 24.3 Å². The third kappa shape index (κ3) is 3.29. The van der Waals surface area contributed by atoms with Gasteiger partial charge in [0, 0.05) is 5.39 Å². The lowest BCUT2D eigenvalue weighted by Gasteiger charge is -2.17. The summed E-state index contributed by atoms with van der Waals surface area (Å²) in [6, 6.07) is 6.74. The number of nitrogens with zero attached hydrogens (tertiary/aromatic N) is 2. The third-order valence-corrected chi connectivity index (χ3v) is 4.33. The quantitative estimate of drug-likeness (QED) is 0.560. The molecule has 1 aliphatic carbocycles. The number of rotatable bonds is 7. The number of nitrogens with one attached hydrogen (secondary N) is 1. The molecule has 3 aromatic rings. The lowest BCUT2D eigenvalue weighted by Crippen LogP contribution is -2.32. The SMILES string of the molecule is O=C(O)CNC(=C1CC1)c1c(O)c2ccccc2n(OCc2ncco2)c1=O. The van der Waals surface area contributed by atoms with Crippen molar-refractivity contribution in [3.8, 4) is 5.75 Å². The zero-order valence-electron chi connectivity index (χ0n) is 14.7. The first-order chi connectivity index (χ1) is 13.6. The van der Waals surface area contributed by atoms with Gasteiger partial charge in [-0.1, -0.05) is 12.1 Å². The summed E-state index contributed by atoms with van der Waals surface area (Å²) >= 11 is 0. The van der Waals surface area contributed by atoms with Crippen LogP contribution in [0.15, 0.2) is 51.5 Å². The monoisotopic (exact) mass is 383 g/mol. The van der Waals surface area contributed by atoms with Gasteiger partial charge in [0.1, 0.15) is 24.1 Å². The first-order valence-corrected chi connectivity index (χ1v) is 8.62. The van der Waals surface area contributed by atoms with Gasteiger partial charge in [-0.15, -0.1) is 4.73 Å². The Morgan fingerprint density at radius 3 is 2.79 bits per heavy atom. The molecule has 0 bridgehead atoms. The molecule has 4 rings (SSSR count). The predicted molar refractivity (Wildman–Crippen MR) is 98.5 cm³/mol. The van der Waals surface area contributed by atoms with E-state index < -0.39 is 11.5 Å². The summed E-state index contributed by atoms with van der Waals surface area (Å²) in [7, 11) is 0. The van der Waals surface area contributed by atoms with Crippen molar-refractivity contribution in [3.05, 3.63) is 64.1 Å². The molecule has 0 unspecified atom stereocenters. The average molecular weight is 383 g/mol. The first kappa shape index (κ1) is 17.7. The van der Waals surface area contributed by atoms with Crippen molar-refractivity contribution in [1.82, 2.24) is 15.0 Å². The molecule has 0 amide bonds. The molecule has 0 spiro atoms. The van der Waals surface area contributed by atoms with E-state index in [1.165, 1.54) is 12.5 Å². The zero-order chi connectivity index (χ0) is 19.7. The lowest BCUT2D eigenvalue weighted by molar-refractivity contribution is -0.135. The minimum atomic E-state index is -1.07. The van der Waals surface area contributed by atoms with Crippen LogP contribution in [0.25, 0.3) is 16.6 Å². The number of carboxylic acids is 1. The number of carboxylic acid groups (broad SMARTS) is 1. The molecule has 2 heterocycles. The Kier molecular flexibility index (Phi) is 4.48. The van der Waals surface area contributed by atoms with E-state index >= 15 is 0 Å². The highest BCUT2D eigenvalue weighted by atomic mass is 16.7. The standard InChI is InChI=1S/C19H17N3O6/c23-15(24)9-21-17(11-5-6-11)16-18(25)12-3-1-2-4-13(12)22(19(16)26)28-10-14-20-7-8-27-14/h1-4,7-8,21,25H,5-6,9-10H2,(H,23,24). The van der Waals surface area contributed by atoms with Gasteiger partial charge in [-0.05, 0) is 30.5 Å². The van der Waals surface area contributed by atoms with Crippen LogP contribution in [0.4, 0.5) is 0 Å². The molecule has 28 heavy (non-hydrogen) atoms. The number of aromatic nitrogens is 2. The summed E-state index contributed by atoms with van der Waals surface area (Å²) in [5.41, 5.74) is 0.973. The number of aliphatic carboxylic acids is 1. The van der Waals surface area contributed by atoms with E-state index in [-0.39, 0.29) is 30.4 Å². The molecular weight excluding hydrogens is 366 g/mol. The number of oxazole rings is 1. The molecule has 3 N–H and O–H groups in total. The van der Waals surface area contributed by atoms with Gasteiger partial charge < -0.3 is 24.8 Å². The smallest absolute Gasteiger partial charge is 0.322 e. The van der Waals surface area contributed by atoms with E-state index in [1.54, 1.807) is 24.3 Å². The second kappa shape index (κ2) is 7.10. The van der Waals surface area contributed by atoms with Crippen molar-refractivity contribution >= 4 is 22.6 Å². The molecule has 9 nitrogen and oxygen atoms in total. The minimum absolute atomic E-state index is 0.0140. The van der Waals surface area contributed by atoms with Crippen molar-refractivity contribution in [2.45, 2.75) is 19.4 Å². The number of para-hydroxylation sites is 1. The fraction of sp³-hybridized carbons (Fsp3) is 0.211. The summed E-state index contributed by atoms with van der Waals surface area (Å²) in [4.78, 5) is 33.8. The molecule has 144 valence electrons. The fourth-order valence-corrected chi connectivity index (χ4v) is 2.96. The van der Waals surface area contributed by atoms with E-state index in [0.29, 0.717) is 16.6 Å². The fourth-order valence-electron chi connectivity index (χ4n) is 2.96. The van der Waals surface area contributed by atoms with Crippen molar-refractivity contribution in [2.75, 3.05) is 6.54 Å². The van der Waals surface area contributed by atoms with Crippen molar-refractivity contribution < 1.29 is 24.3 Å². The number of aromatic hydroxyl groups is 1. The van der Waals surface area contributed by atoms with E-state index in [0.717, 1.165) is 23.1 Å². The molecule has 1 saturated carbocycles. The summed E-state index contributed by atoms with van der Waals surface area (Å²) in [5, 5.41) is 23.0. The molecular formula is C19H17N3O6. The minimum Gasteiger partial charge on any atom is -0.506 e. The maximum Gasteiger partial charge on any atom is 0.322 e. The molecule has 0 atom stereocenters. The van der Waals surface area contributed by atoms with Gasteiger partial charge in [0.05, 0.1) is 17.4 Å². The van der Waals surface area contributed by atoms with Crippen LogP contribution in [-0.4, -0.2) is 32.4 Å². The summed E-state index contributed by atoms with van der Waals surface area (Å²) in [5.74, 6) is -1.00. The normalized spacial score (nSPS) is 12.8. The maximum atomic E-state index is 13.2. The Hall–Kier alpha value is -3.75. The molecule has 0 radical (unpaired) electrons. The van der Waals surface area contributed by atoms with Crippen LogP contribution < -0.4 is 15.7 Å². The number of allylic oxidation sites excluding steroid dienone is 1. The Balaban J connectivity index is 1.85. The molecule has 2 aromatic heterocycles. The Bertz CT molecular complexity index is 1120. The summed E-state index contributed by atoms with van der Waals surface area (Å²) < 4.78 is 6.20. The van der Waals surface area contributed by atoms with E-state index in [2.05, 4.69) is 10.3 Å². The highest BCUT2D eigenvalue weighted by Gasteiger charge is 2.27. The Morgan fingerprint density at radius 1 is 1.32 bits per heavy atom. The second-order valence-electron chi connectivity index (χ2n) is 6.27. The van der Waals surface area contributed by atoms with Gasteiger partial charge in [0.25, 0.3) is 5.56 Å². The van der Waals surface area contributed by atoms with Crippen LogP contribution in [-0.2, 0) is 11.4 Å².